The highest BCUT2D eigenvalue weighted by atomic mass is 19.1. The number of amides is 2. The van der Waals surface area contributed by atoms with E-state index in [2.05, 4.69) is 5.10 Å². The average Bonchev–Trinajstić information content (AvgIpc) is 3.16. The SMILES string of the molecule is Cn1ncc2ccc(-c3ccc(C(=O)N4CCN(C(=O)C5(N)CCC5)CC4)c(F)c3)cc21. The van der Waals surface area contributed by atoms with Crippen LogP contribution in [0, 0.1) is 5.82 Å². The van der Waals surface area contributed by atoms with E-state index in [1.165, 1.54) is 6.07 Å². The summed E-state index contributed by atoms with van der Waals surface area (Å²) >= 11 is 0. The van der Waals surface area contributed by atoms with Crippen LogP contribution in [-0.2, 0) is 11.8 Å². The zero-order valence-electron chi connectivity index (χ0n) is 18.1. The molecule has 0 atom stereocenters. The van der Waals surface area contributed by atoms with Crippen LogP contribution in [0.25, 0.3) is 22.0 Å². The van der Waals surface area contributed by atoms with Crippen LogP contribution < -0.4 is 5.73 Å². The minimum atomic E-state index is -0.730. The zero-order chi connectivity index (χ0) is 22.5. The van der Waals surface area contributed by atoms with Crippen molar-refractivity contribution < 1.29 is 14.0 Å². The molecule has 1 aliphatic carbocycles. The second-order valence-corrected chi connectivity index (χ2v) is 8.83. The standard InChI is InChI=1S/C24H26FN5O2/c1-28-21-14-17(3-4-18(21)15-27-28)16-5-6-19(20(25)13-16)22(31)29-9-11-30(12-10-29)23(32)24(26)7-2-8-24/h3-6,13-15H,2,7-12,26H2,1H3. The van der Waals surface area contributed by atoms with Crippen molar-refractivity contribution in [3.05, 3.63) is 54.0 Å². The number of nitrogens with two attached hydrogens (primary N) is 1. The molecule has 5 rings (SSSR count). The van der Waals surface area contributed by atoms with Gasteiger partial charge < -0.3 is 15.5 Å². The van der Waals surface area contributed by atoms with E-state index in [1.807, 2.05) is 25.2 Å². The van der Waals surface area contributed by atoms with Crippen LogP contribution >= 0.6 is 0 Å². The highest BCUT2D eigenvalue weighted by molar-refractivity contribution is 5.95. The summed E-state index contributed by atoms with van der Waals surface area (Å²) in [6, 6.07) is 10.5. The number of piperazine rings is 1. The molecule has 1 saturated heterocycles. The molecule has 166 valence electrons. The number of carbonyl (C=O) groups is 2. The predicted molar refractivity (Wildman–Crippen MR) is 119 cm³/mol. The monoisotopic (exact) mass is 435 g/mol. The lowest BCUT2D eigenvalue weighted by Gasteiger charge is -2.43. The molecule has 2 N–H and O–H groups in total. The molecule has 0 unspecified atom stereocenters. The van der Waals surface area contributed by atoms with Crippen molar-refractivity contribution in [2.75, 3.05) is 26.2 Å². The van der Waals surface area contributed by atoms with Crippen molar-refractivity contribution in [1.29, 1.82) is 0 Å². The van der Waals surface area contributed by atoms with Gasteiger partial charge in [-0.25, -0.2) is 4.39 Å². The van der Waals surface area contributed by atoms with Gasteiger partial charge in [0.1, 0.15) is 5.82 Å². The van der Waals surface area contributed by atoms with Gasteiger partial charge in [0, 0.05) is 38.6 Å². The summed E-state index contributed by atoms with van der Waals surface area (Å²) in [5.74, 6) is -0.933. The molecule has 0 radical (unpaired) electrons. The number of halogens is 1. The fraction of sp³-hybridized carbons (Fsp3) is 0.375. The summed E-state index contributed by atoms with van der Waals surface area (Å²) in [6.45, 7) is 1.60. The van der Waals surface area contributed by atoms with Crippen LogP contribution in [0.2, 0.25) is 0 Å². The molecule has 1 aliphatic heterocycles. The summed E-state index contributed by atoms with van der Waals surface area (Å²) in [7, 11) is 1.86. The van der Waals surface area contributed by atoms with Crippen molar-refractivity contribution >= 4 is 22.7 Å². The number of fused-ring (bicyclic) bond motifs is 1. The number of aromatic nitrogens is 2. The third kappa shape index (κ3) is 3.44. The summed E-state index contributed by atoms with van der Waals surface area (Å²) in [5.41, 5.74) is 7.98. The maximum Gasteiger partial charge on any atom is 0.256 e. The number of carbonyl (C=O) groups excluding carboxylic acids is 2. The quantitative estimate of drug-likeness (QED) is 0.685. The van der Waals surface area contributed by atoms with Crippen LogP contribution in [-0.4, -0.2) is 63.1 Å². The number of nitrogens with zero attached hydrogens (tertiary/aromatic N) is 4. The minimum absolute atomic E-state index is 0.0308. The predicted octanol–water partition coefficient (Wildman–Crippen LogP) is 2.55. The fourth-order valence-electron chi connectivity index (χ4n) is 4.56. The molecular weight excluding hydrogens is 409 g/mol. The van der Waals surface area contributed by atoms with Crippen molar-refractivity contribution in [2.24, 2.45) is 12.8 Å². The fourth-order valence-corrected chi connectivity index (χ4v) is 4.56. The van der Waals surface area contributed by atoms with Gasteiger partial charge in [0.15, 0.2) is 0 Å². The van der Waals surface area contributed by atoms with E-state index in [4.69, 9.17) is 5.73 Å². The van der Waals surface area contributed by atoms with Crippen molar-refractivity contribution in [2.45, 2.75) is 24.8 Å². The molecule has 1 saturated carbocycles. The second kappa shape index (κ2) is 7.70. The first-order chi connectivity index (χ1) is 15.4. The molecule has 2 aliphatic rings. The summed E-state index contributed by atoms with van der Waals surface area (Å²) in [6.07, 6.45) is 4.20. The van der Waals surface area contributed by atoms with Gasteiger partial charge in [-0.15, -0.1) is 0 Å². The number of rotatable bonds is 3. The Morgan fingerprint density at radius 1 is 1.00 bits per heavy atom. The van der Waals surface area contributed by atoms with E-state index < -0.39 is 11.4 Å². The largest absolute Gasteiger partial charge is 0.338 e. The van der Waals surface area contributed by atoms with Crippen LogP contribution in [0.4, 0.5) is 4.39 Å². The van der Waals surface area contributed by atoms with E-state index >= 15 is 0 Å². The lowest BCUT2D eigenvalue weighted by molar-refractivity contribution is -0.141. The van der Waals surface area contributed by atoms with Crippen molar-refractivity contribution in [3.8, 4) is 11.1 Å². The number of hydrogen-bond acceptors (Lipinski definition) is 4. The molecule has 1 aromatic heterocycles. The Balaban J connectivity index is 1.29. The van der Waals surface area contributed by atoms with Gasteiger partial charge in [0.25, 0.3) is 5.91 Å². The third-order valence-electron chi connectivity index (χ3n) is 6.81. The Morgan fingerprint density at radius 3 is 2.31 bits per heavy atom. The lowest BCUT2D eigenvalue weighted by atomic mass is 9.76. The van der Waals surface area contributed by atoms with Crippen LogP contribution in [0.1, 0.15) is 29.6 Å². The minimum Gasteiger partial charge on any atom is -0.338 e. The van der Waals surface area contributed by atoms with Gasteiger partial charge in [0.2, 0.25) is 5.91 Å². The van der Waals surface area contributed by atoms with E-state index in [0.717, 1.165) is 35.7 Å². The molecule has 3 aromatic rings. The molecule has 2 amide bonds. The molecule has 8 heteroatoms. The van der Waals surface area contributed by atoms with Crippen molar-refractivity contribution in [1.82, 2.24) is 19.6 Å². The molecule has 0 bridgehead atoms. The van der Waals surface area contributed by atoms with Crippen LogP contribution in [0.15, 0.2) is 42.6 Å². The van der Waals surface area contributed by atoms with Gasteiger partial charge in [-0.3, -0.25) is 14.3 Å². The first-order valence-corrected chi connectivity index (χ1v) is 10.9. The third-order valence-corrected chi connectivity index (χ3v) is 6.81. The average molecular weight is 436 g/mol. The van der Waals surface area contributed by atoms with Gasteiger partial charge in [-0.1, -0.05) is 18.2 Å². The Morgan fingerprint density at radius 2 is 1.66 bits per heavy atom. The molecule has 2 fully saturated rings. The Kier molecular flexibility index (Phi) is 4.97. The van der Waals surface area contributed by atoms with Gasteiger partial charge >= 0.3 is 0 Å². The van der Waals surface area contributed by atoms with E-state index in [-0.39, 0.29) is 17.4 Å². The van der Waals surface area contributed by atoms with E-state index in [0.29, 0.717) is 31.7 Å². The number of hydrogen-bond donors (Lipinski definition) is 1. The summed E-state index contributed by atoms with van der Waals surface area (Å²) in [5, 5.41) is 5.25. The first-order valence-electron chi connectivity index (χ1n) is 10.9. The molecule has 32 heavy (non-hydrogen) atoms. The Labute approximate surface area is 185 Å². The van der Waals surface area contributed by atoms with Crippen molar-refractivity contribution in [3.63, 3.8) is 0 Å². The van der Waals surface area contributed by atoms with Crippen LogP contribution in [0.5, 0.6) is 0 Å². The van der Waals surface area contributed by atoms with E-state index in [9.17, 15) is 14.0 Å². The second-order valence-electron chi connectivity index (χ2n) is 8.83. The topological polar surface area (TPSA) is 84.5 Å². The van der Waals surface area contributed by atoms with Gasteiger partial charge in [-0.05, 0) is 48.6 Å². The number of benzene rings is 2. The molecular formula is C24H26FN5O2. The molecule has 2 aromatic carbocycles. The normalized spacial score (nSPS) is 18.0. The van der Waals surface area contributed by atoms with Crippen LogP contribution in [0.3, 0.4) is 0 Å². The van der Waals surface area contributed by atoms with Gasteiger partial charge in [-0.2, -0.15) is 5.10 Å². The first kappa shape index (κ1) is 20.6. The smallest absolute Gasteiger partial charge is 0.256 e. The molecule has 2 heterocycles. The highest BCUT2D eigenvalue weighted by Crippen LogP contribution is 2.31. The molecule has 7 nitrogen and oxygen atoms in total. The molecule has 0 spiro atoms. The summed E-state index contributed by atoms with van der Waals surface area (Å²) < 4.78 is 16.7. The van der Waals surface area contributed by atoms with E-state index in [1.54, 1.807) is 32.8 Å². The Bertz CT molecular complexity index is 1210. The summed E-state index contributed by atoms with van der Waals surface area (Å²) in [4.78, 5) is 28.9. The Hall–Kier alpha value is -3.26. The maximum absolute atomic E-state index is 14.9. The highest BCUT2D eigenvalue weighted by Gasteiger charge is 2.43. The number of aryl methyl sites for hydroxylation is 1. The lowest BCUT2D eigenvalue weighted by Crippen LogP contribution is -2.62. The zero-order valence-corrected chi connectivity index (χ0v) is 18.1. The maximum atomic E-state index is 14.9. The van der Waals surface area contributed by atoms with Gasteiger partial charge in [0.05, 0.1) is 22.8 Å².